The maximum absolute atomic E-state index is 6.41. The average Bonchev–Trinajstić information content (AvgIpc) is 3.01. The van der Waals surface area contributed by atoms with Gasteiger partial charge in [0.1, 0.15) is 0 Å². The van der Waals surface area contributed by atoms with Crippen LogP contribution in [0.15, 0.2) is 48.5 Å². The lowest BCUT2D eigenvalue weighted by Crippen LogP contribution is -2.51. The van der Waals surface area contributed by atoms with Crippen LogP contribution in [0.2, 0.25) is 0 Å². The Kier molecular flexibility index (Phi) is 5.02. The van der Waals surface area contributed by atoms with Crippen molar-refractivity contribution in [1.82, 2.24) is 0 Å². The van der Waals surface area contributed by atoms with E-state index in [0.29, 0.717) is 0 Å². The predicted molar refractivity (Wildman–Crippen MR) is 123 cm³/mol. The Morgan fingerprint density at radius 3 is 1.40 bits per heavy atom. The van der Waals surface area contributed by atoms with E-state index in [2.05, 4.69) is 85.7 Å². The Morgan fingerprint density at radius 2 is 0.933 bits per heavy atom. The first-order valence-corrected chi connectivity index (χ1v) is 10.7. The standard InChI is InChI=1S/C24H32B2O4/c1-21(2)22(3,4)28-25(27-21)19-15-14-18(17-12-10-9-11-13-17)16-20(19)26-29-23(5,6)24(7,8)30-26/h9-16H,1-8H3. The molecule has 0 aromatic heterocycles. The van der Waals surface area contributed by atoms with E-state index in [4.69, 9.17) is 18.6 Å². The average molecular weight is 406 g/mol. The van der Waals surface area contributed by atoms with Gasteiger partial charge in [0.25, 0.3) is 0 Å². The van der Waals surface area contributed by atoms with Crippen molar-refractivity contribution in [2.45, 2.75) is 77.8 Å². The van der Waals surface area contributed by atoms with Crippen molar-refractivity contribution in [3.63, 3.8) is 0 Å². The molecule has 2 aromatic rings. The van der Waals surface area contributed by atoms with Crippen molar-refractivity contribution < 1.29 is 18.6 Å². The first kappa shape index (κ1) is 21.6. The van der Waals surface area contributed by atoms with Gasteiger partial charge in [-0.1, -0.05) is 48.5 Å². The van der Waals surface area contributed by atoms with Gasteiger partial charge in [0, 0.05) is 0 Å². The Hall–Kier alpha value is -1.59. The highest BCUT2D eigenvalue weighted by molar-refractivity contribution is 6.74. The molecule has 0 saturated carbocycles. The van der Waals surface area contributed by atoms with Crippen LogP contribution >= 0.6 is 0 Å². The van der Waals surface area contributed by atoms with Gasteiger partial charge in [-0.25, -0.2) is 0 Å². The van der Waals surface area contributed by atoms with Crippen LogP contribution in [0.1, 0.15) is 55.4 Å². The summed E-state index contributed by atoms with van der Waals surface area (Å²) in [5.74, 6) is 0. The zero-order chi connectivity index (χ0) is 21.9. The fourth-order valence-corrected chi connectivity index (χ4v) is 3.74. The van der Waals surface area contributed by atoms with Gasteiger partial charge in [0.15, 0.2) is 0 Å². The highest BCUT2D eigenvalue weighted by atomic mass is 16.7. The van der Waals surface area contributed by atoms with Gasteiger partial charge in [-0.15, -0.1) is 0 Å². The van der Waals surface area contributed by atoms with Gasteiger partial charge in [0.2, 0.25) is 0 Å². The first-order chi connectivity index (χ1) is 13.8. The van der Waals surface area contributed by atoms with E-state index in [9.17, 15) is 0 Å². The van der Waals surface area contributed by atoms with Gasteiger partial charge in [-0.2, -0.15) is 0 Å². The fraction of sp³-hybridized carbons (Fsp3) is 0.500. The van der Waals surface area contributed by atoms with Crippen LogP contribution in [0.3, 0.4) is 0 Å². The molecule has 6 heteroatoms. The van der Waals surface area contributed by atoms with Crippen LogP contribution in [0.5, 0.6) is 0 Å². The third kappa shape index (κ3) is 3.54. The molecule has 0 amide bonds. The maximum Gasteiger partial charge on any atom is 0.494 e. The zero-order valence-corrected chi connectivity index (χ0v) is 19.4. The van der Waals surface area contributed by atoms with Gasteiger partial charge < -0.3 is 18.6 Å². The van der Waals surface area contributed by atoms with Crippen molar-refractivity contribution in [1.29, 1.82) is 0 Å². The molecule has 2 aliphatic rings. The summed E-state index contributed by atoms with van der Waals surface area (Å²) < 4.78 is 25.6. The summed E-state index contributed by atoms with van der Waals surface area (Å²) in [4.78, 5) is 0. The van der Waals surface area contributed by atoms with E-state index in [1.54, 1.807) is 0 Å². The molecule has 0 unspecified atom stereocenters. The zero-order valence-electron chi connectivity index (χ0n) is 19.4. The largest absolute Gasteiger partial charge is 0.494 e. The van der Waals surface area contributed by atoms with E-state index in [1.165, 1.54) is 0 Å². The molecule has 0 aliphatic carbocycles. The fourth-order valence-electron chi connectivity index (χ4n) is 3.74. The van der Waals surface area contributed by atoms with E-state index >= 15 is 0 Å². The molecule has 4 nitrogen and oxygen atoms in total. The van der Waals surface area contributed by atoms with Crippen LogP contribution in [-0.2, 0) is 18.6 Å². The summed E-state index contributed by atoms with van der Waals surface area (Å²) >= 11 is 0. The summed E-state index contributed by atoms with van der Waals surface area (Å²) in [6.45, 7) is 16.6. The third-order valence-electron chi connectivity index (χ3n) is 7.21. The number of benzene rings is 2. The van der Waals surface area contributed by atoms with Crippen LogP contribution < -0.4 is 10.9 Å². The molecule has 0 N–H and O–H groups in total. The second-order valence-corrected chi connectivity index (χ2v) is 10.4. The van der Waals surface area contributed by atoms with Crippen LogP contribution in [0.25, 0.3) is 11.1 Å². The monoisotopic (exact) mass is 406 g/mol. The van der Waals surface area contributed by atoms with Crippen LogP contribution in [0, 0.1) is 0 Å². The highest BCUT2D eigenvalue weighted by Gasteiger charge is 2.56. The van der Waals surface area contributed by atoms with Crippen molar-refractivity contribution in [3.05, 3.63) is 48.5 Å². The number of hydrogen-bond donors (Lipinski definition) is 0. The molecular formula is C24H32B2O4. The summed E-state index contributed by atoms with van der Waals surface area (Å²) in [6.07, 6.45) is 0. The smallest absolute Gasteiger partial charge is 0.399 e. The maximum atomic E-state index is 6.41. The Morgan fingerprint density at radius 1 is 0.500 bits per heavy atom. The molecule has 4 rings (SSSR count). The minimum atomic E-state index is -0.493. The summed E-state index contributed by atoms with van der Waals surface area (Å²) in [6, 6.07) is 16.7. The van der Waals surface area contributed by atoms with Crippen molar-refractivity contribution in [2.75, 3.05) is 0 Å². The molecular weight excluding hydrogens is 374 g/mol. The second kappa shape index (κ2) is 6.96. The molecule has 30 heavy (non-hydrogen) atoms. The highest BCUT2D eigenvalue weighted by Crippen LogP contribution is 2.38. The molecule has 0 radical (unpaired) electrons. The molecule has 2 fully saturated rings. The summed E-state index contributed by atoms with van der Waals surface area (Å²) in [5, 5.41) is 0. The molecule has 0 atom stereocenters. The normalized spacial score (nSPS) is 23.7. The van der Waals surface area contributed by atoms with Crippen molar-refractivity contribution in [2.24, 2.45) is 0 Å². The van der Waals surface area contributed by atoms with Gasteiger partial charge >= 0.3 is 14.2 Å². The first-order valence-electron chi connectivity index (χ1n) is 10.7. The van der Waals surface area contributed by atoms with Gasteiger partial charge in [-0.3, -0.25) is 0 Å². The predicted octanol–water partition coefficient (Wildman–Crippen LogP) is 3.95. The second-order valence-electron chi connectivity index (χ2n) is 10.4. The molecule has 158 valence electrons. The van der Waals surface area contributed by atoms with E-state index in [-0.39, 0.29) is 0 Å². The Labute approximate surface area is 181 Å². The topological polar surface area (TPSA) is 36.9 Å². The number of hydrogen-bond acceptors (Lipinski definition) is 4. The van der Waals surface area contributed by atoms with E-state index in [0.717, 1.165) is 22.1 Å². The molecule has 2 aromatic carbocycles. The lowest BCUT2D eigenvalue weighted by molar-refractivity contribution is 0.00578. The van der Waals surface area contributed by atoms with Crippen LogP contribution in [0.4, 0.5) is 0 Å². The SMILES string of the molecule is CC1(C)OB(c2ccc(-c3ccccc3)cc2B2OC(C)(C)C(C)(C)O2)OC1(C)C. The van der Waals surface area contributed by atoms with E-state index in [1.807, 2.05) is 18.2 Å². The van der Waals surface area contributed by atoms with Gasteiger partial charge in [-0.05, 0) is 77.4 Å². The van der Waals surface area contributed by atoms with Gasteiger partial charge in [0.05, 0.1) is 22.4 Å². The van der Waals surface area contributed by atoms with Crippen LogP contribution in [-0.4, -0.2) is 36.6 Å². The van der Waals surface area contributed by atoms with E-state index < -0.39 is 36.6 Å². The quantitative estimate of drug-likeness (QED) is 0.724. The molecule has 0 bridgehead atoms. The lowest BCUT2D eigenvalue weighted by atomic mass is 9.64. The summed E-state index contributed by atoms with van der Waals surface area (Å²) in [7, 11) is -0.971. The number of rotatable bonds is 3. The van der Waals surface area contributed by atoms with Crippen molar-refractivity contribution >= 4 is 25.2 Å². The lowest BCUT2D eigenvalue weighted by Gasteiger charge is -2.32. The summed E-state index contributed by atoms with van der Waals surface area (Å²) in [5.41, 5.74) is 2.49. The third-order valence-corrected chi connectivity index (χ3v) is 7.21. The Bertz CT molecular complexity index is 905. The molecule has 2 saturated heterocycles. The minimum absolute atomic E-state index is 0.414. The Balaban J connectivity index is 1.79. The molecule has 2 heterocycles. The minimum Gasteiger partial charge on any atom is -0.399 e. The molecule has 0 spiro atoms. The molecule has 2 aliphatic heterocycles. The van der Waals surface area contributed by atoms with Crippen molar-refractivity contribution in [3.8, 4) is 11.1 Å².